The number of imidazole rings is 1. The van der Waals surface area contributed by atoms with Crippen LogP contribution in [0.25, 0.3) is 0 Å². The summed E-state index contributed by atoms with van der Waals surface area (Å²) in [4.78, 5) is 14.4. The van der Waals surface area contributed by atoms with Crippen molar-refractivity contribution in [2.24, 2.45) is 0 Å². The van der Waals surface area contributed by atoms with Crippen LogP contribution in [0.1, 0.15) is 22.5 Å². The fourth-order valence-corrected chi connectivity index (χ4v) is 1.70. The Labute approximate surface area is 99.5 Å². The zero-order valence-electron chi connectivity index (χ0n) is 9.41. The molecule has 0 atom stereocenters. The molecule has 88 valence electrons. The lowest BCUT2D eigenvalue weighted by molar-refractivity contribution is 0.0691. The second-order valence-electron chi connectivity index (χ2n) is 3.89. The van der Waals surface area contributed by atoms with Crippen molar-refractivity contribution >= 4 is 5.97 Å². The first-order valence-corrected chi connectivity index (χ1v) is 5.55. The first-order valence-electron chi connectivity index (χ1n) is 5.55. The van der Waals surface area contributed by atoms with Gasteiger partial charge in [0.25, 0.3) is 0 Å². The summed E-state index contributed by atoms with van der Waals surface area (Å²) in [6.45, 7) is 0.787. The number of carboxylic acid groups (broad SMARTS) is 1. The Hall–Kier alpha value is -2.10. The molecule has 0 amide bonds. The Bertz CT molecular complexity index is 491. The molecule has 0 unspecified atom stereocenters. The Morgan fingerprint density at radius 2 is 2.06 bits per heavy atom. The Morgan fingerprint density at radius 3 is 2.71 bits per heavy atom. The van der Waals surface area contributed by atoms with Gasteiger partial charge < -0.3 is 9.67 Å². The van der Waals surface area contributed by atoms with Gasteiger partial charge in [0.1, 0.15) is 0 Å². The van der Waals surface area contributed by atoms with E-state index in [2.05, 4.69) is 17.1 Å². The minimum Gasteiger partial charge on any atom is -0.476 e. The number of nitrogens with zero attached hydrogens (tertiary/aromatic N) is 2. The van der Waals surface area contributed by atoms with Crippen molar-refractivity contribution in [3.63, 3.8) is 0 Å². The van der Waals surface area contributed by atoms with E-state index in [0.717, 1.165) is 19.4 Å². The second-order valence-corrected chi connectivity index (χ2v) is 3.89. The summed E-state index contributed by atoms with van der Waals surface area (Å²) < 4.78 is 1.81. The molecule has 0 saturated heterocycles. The van der Waals surface area contributed by atoms with Gasteiger partial charge in [-0.2, -0.15) is 0 Å². The third kappa shape index (κ3) is 3.17. The summed E-state index contributed by atoms with van der Waals surface area (Å²) in [5.74, 6) is -0.980. The molecule has 0 aliphatic carbocycles. The molecule has 1 aromatic carbocycles. The quantitative estimate of drug-likeness (QED) is 0.856. The summed E-state index contributed by atoms with van der Waals surface area (Å²) >= 11 is 0. The largest absolute Gasteiger partial charge is 0.476 e. The Morgan fingerprint density at radius 1 is 1.29 bits per heavy atom. The third-order valence-corrected chi connectivity index (χ3v) is 2.58. The molecule has 0 radical (unpaired) electrons. The normalized spacial score (nSPS) is 10.4. The van der Waals surface area contributed by atoms with Crippen molar-refractivity contribution in [1.29, 1.82) is 0 Å². The molecule has 17 heavy (non-hydrogen) atoms. The predicted octanol–water partition coefficient (Wildman–Crippen LogP) is 2.21. The van der Waals surface area contributed by atoms with Crippen molar-refractivity contribution in [3.8, 4) is 0 Å². The van der Waals surface area contributed by atoms with Gasteiger partial charge in [-0.1, -0.05) is 30.3 Å². The molecule has 1 heterocycles. The van der Waals surface area contributed by atoms with Crippen LogP contribution >= 0.6 is 0 Å². The summed E-state index contributed by atoms with van der Waals surface area (Å²) in [6.07, 6.45) is 5.09. The highest BCUT2D eigenvalue weighted by atomic mass is 16.4. The second kappa shape index (κ2) is 5.30. The van der Waals surface area contributed by atoms with E-state index in [1.165, 1.54) is 5.56 Å². The number of carbonyl (C=O) groups is 1. The van der Waals surface area contributed by atoms with Crippen molar-refractivity contribution in [2.75, 3.05) is 0 Å². The van der Waals surface area contributed by atoms with Gasteiger partial charge in [0.15, 0.2) is 5.69 Å². The van der Waals surface area contributed by atoms with Crippen LogP contribution in [-0.4, -0.2) is 20.6 Å². The minimum atomic E-state index is -0.980. The Kier molecular flexibility index (Phi) is 3.55. The van der Waals surface area contributed by atoms with E-state index in [1.54, 1.807) is 12.5 Å². The number of carboxylic acids is 1. The fourth-order valence-electron chi connectivity index (χ4n) is 1.70. The molecule has 2 aromatic rings. The number of aromatic nitrogens is 2. The van der Waals surface area contributed by atoms with Crippen LogP contribution in [-0.2, 0) is 13.0 Å². The maximum Gasteiger partial charge on any atom is 0.356 e. The lowest BCUT2D eigenvalue weighted by Gasteiger charge is -2.02. The molecule has 0 spiro atoms. The van der Waals surface area contributed by atoms with Crippen LogP contribution in [0.4, 0.5) is 0 Å². The topological polar surface area (TPSA) is 55.1 Å². The fraction of sp³-hybridized carbons (Fsp3) is 0.231. The number of aromatic carboxylic acids is 1. The van der Waals surface area contributed by atoms with E-state index in [1.807, 2.05) is 22.8 Å². The third-order valence-electron chi connectivity index (χ3n) is 2.58. The molecule has 0 saturated carbocycles. The van der Waals surface area contributed by atoms with Crippen molar-refractivity contribution in [3.05, 3.63) is 54.1 Å². The highest BCUT2D eigenvalue weighted by Crippen LogP contribution is 2.04. The van der Waals surface area contributed by atoms with Crippen LogP contribution < -0.4 is 0 Å². The SMILES string of the molecule is O=C(O)c1cn(CCCc2ccccc2)cn1. The highest BCUT2D eigenvalue weighted by Gasteiger charge is 2.05. The Balaban J connectivity index is 1.84. The van der Waals surface area contributed by atoms with E-state index < -0.39 is 5.97 Å². The first kappa shape index (κ1) is 11.4. The van der Waals surface area contributed by atoms with Crippen molar-refractivity contribution < 1.29 is 9.90 Å². The van der Waals surface area contributed by atoms with Gasteiger partial charge in [-0.25, -0.2) is 9.78 Å². The average Bonchev–Trinajstić information content (AvgIpc) is 2.79. The maximum atomic E-state index is 10.6. The number of hydrogen-bond acceptors (Lipinski definition) is 2. The maximum absolute atomic E-state index is 10.6. The number of hydrogen-bond donors (Lipinski definition) is 1. The highest BCUT2D eigenvalue weighted by molar-refractivity contribution is 5.84. The standard InChI is InChI=1S/C13H14N2O2/c16-13(17)12-9-15(10-14-12)8-4-7-11-5-2-1-3-6-11/h1-3,5-6,9-10H,4,7-8H2,(H,16,17). The molecule has 4 nitrogen and oxygen atoms in total. The lowest BCUT2D eigenvalue weighted by atomic mass is 10.1. The van der Waals surface area contributed by atoms with E-state index >= 15 is 0 Å². The number of benzene rings is 1. The van der Waals surface area contributed by atoms with Gasteiger partial charge in [0.05, 0.1) is 6.33 Å². The number of rotatable bonds is 5. The van der Waals surface area contributed by atoms with Crippen LogP contribution in [0.3, 0.4) is 0 Å². The molecule has 4 heteroatoms. The molecule has 0 aliphatic heterocycles. The van der Waals surface area contributed by atoms with Gasteiger partial charge in [0, 0.05) is 12.7 Å². The van der Waals surface area contributed by atoms with Crippen molar-refractivity contribution in [1.82, 2.24) is 9.55 Å². The monoisotopic (exact) mass is 230 g/mol. The van der Waals surface area contributed by atoms with Gasteiger partial charge in [-0.05, 0) is 18.4 Å². The van der Waals surface area contributed by atoms with E-state index in [0.29, 0.717) is 0 Å². The van der Waals surface area contributed by atoms with Crippen LogP contribution in [0.2, 0.25) is 0 Å². The minimum absolute atomic E-state index is 0.102. The molecule has 1 aromatic heterocycles. The summed E-state index contributed by atoms with van der Waals surface area (Å²) in [7, 11) is 0. The predicted molar refractivity (Wildman–Crippen MR) is 63.9 cm³/mol. The van der Waals surface area contributed by atoms with Crippen molar-refractivity contribution in [2.45, 2.75) is 19.4 Å². The summed E-state index contributed by atoms with van der Waals surface area (Å²) in [6, 6.07) is 10.2. The molecule has 1 N–H and O–H groups in total. The molecule has 0 bridgehead atoms. The van der Waals surface area contributed by atoms with E-state index in [9.17, 15) is 4.79 Å². The van der Waals surface area contributed by atoms with Gasteiger partial charge in [-0.3, -0.25) is 0 Å². The van der Waals surface area contributed by atoms with E-state index in [-0.39, 0.29) is 5.69 Å². The molecular formula is C13H14N2O2. The summed E-state index contributed by atoms with van der Waals surface area (Å²) in [5.41, 5.74) is 1.40. The molecule has 0 fully saturated rings. The van der Waals surface area contributed by atoms with Crippen LogP contribution in [0, 0.1) is 0 Å². The lowest BCUT2D eigenvalue weighted by Crippen LogP contribution is -1.98. The smallest absolute Gasteiger partial charge is 0.356 e. The average molecular weight is 230 g/mol. The van der Waals surface area contributed by atoms with E-state index in [4.69, 9.17) is 5.11 Å². The van der Waals surface area contributed by atoms with Gasteiger partial charge in [-0.15, -0.1) is 0 Å². The van der Waals surface area contributed by atoms with Gasteiger partial charge in [0.2, 0.25) is 0 Å². The zero-order chi connectivity index (χ0) is 12.1. The van der Waals surface area contributed by atoms with Crippen LogP contribution in [0.15, 0.2) is 42.9 Å². The number of aryl methyl sites for hydroxylation is 2. The first-order chi connectivity index (χ1) is 8.25. The molecule has 2 rings (SSSR count). The zero-order valence-corrected chi connectivity index (χ0v) is 9.41. The molecular weight excluding hydrogens is 216 g/mol. The molecule has 0 aliphatic rings. The summed E-state index contributed by atoms with van der Waals surface area (Å²) in [5, 5.41) is 8.73. The van der Waals surface area contributed by atoms with Gasteiger partial charge >= 0.3 is 5.97 Å². The van der Waals surface area contributed by atoms with Crippen LogP contribution in [0.5, 0.6) is 0 Å².